The number of benzene rings is 1. The fraction of sp³-hybridized carbons (Fsp3) is 0.143. The first-order chi connectivity index (χ1) is 9.31. The van der Waals surface area contributed by atoms with Gasteiger partial charge in [0, 0.05) is 0 Å². The average molecular weight is 256 g/mol. The molecule has 5 nitrogen and oxygen atoms in total. The van der Waals surface area contributed by atoms with Gasteiger partial charge in [-0.05, 0) is 36.4 Å². The predicted octanol–water partition coefficient (Wildman–Crippen LogP) is 2.82. The maximum Gasteiger partial charge on any atom is 0.145 e. The number of hydrogen-bond donors (Lipinski definition) is 0. The molecule has 96 valence electrons. The first-order valence-corrected chi connectivity index (χ1v) is 5.60. The van der Waals surface area contributed by atoms with Gasteiger partial charge in [-0.25, -0.2) is 9.78 Å². The van der Waals surface area contributed by atoms with Crippen molar-refractivity contribution >= 4 is 0 Å². The lowest BCUT2D eigenvalue weighted by atomic mass is 10.2. The largest absolute Gasteiger partial charge is 0.456 e. The lowest BCUT2D eigenvalue weighted by Gasteiger charge is -2.06. The van der Waals surface area contributed by atoms with E-state index in [0.29, 0.717) is 17.1 Å². The normalized spacial score (nSPS) is 9.89. The molecule has 0 N–H and O–H groups in total. The summed E-state index contributed by atoms with van der Waals surface area (Å²) < 4.78 is 5.59. The van der Waals surface area contributed by atoms with Gasteiger partial charge in [0.05, 0.1) is 30.6 Å². The topological polar surface area (TPSA) is 64.4 Å². The second-order valence-electron chi connectivity index (χ2n) is 3.65. The molecule has 2 aromatic rings. The van der Waals surface area contributed by atoms with E-state index in [-0.39, 0.29) is 6.61 Å². The molecule has 0 aliphatic heterocycles. The van der Waals surface area contributed by atoms with Crippen LogP contribution < -0.4 is 4.74 Å². The minimum Gasteiger partial charge on any atom is -0.456 e. The van der Waals surface area contributed by atoms with Gasteiger partial charge in [0.1, 0.15) is 18.1 Å². The summed E-state index contributed by atoms with van der Waals surface area (Å²) in [5, 5.41) is 8.70. The summed E-state index contributed by atoms with van der Waals surface area (Å²) in [7, 11) is 1.45. The van der Waals surface area contributed by atoms with Crippen molar-refractivity contribution < 1.29 is 14.5 Å². The van der Waals surface area contributed by atoms with Gasteiger partial charge in [-0.1, -0.05) is 0 Å². The number of pyridine rings is 1. The Morgan fingerprint density at radius 3 is 2.42 bits per heavy atom. The summed E-state index contributed by atoms with van der Waals surface area (Å²) in [6.07, 6.45) is 1.60. The second-order valence-corrected chi connectivity index (χ2v) is 3.65. The van der Waals surface area contributed by atoms with Crippen molar-refractivity contribution in [2.45, 2.75) is 6.61 Å². The third kappa shape index (κ3) is 3.78. The molecule has 0 fully saturated rings. The van der Waals surface area contributed by atoms with Crippen LogP contribution in [0.2, 0.25) is 0 Å². The van der Waals surface area contributed by atoms with Crippen molar-refractivity contribution in [1.29, 1.82) is 5.26 Å². The van der Waals surface area contributed by atoms with Crippen LogP contribution in [0.3, 0.4) is 0 Å². The summed E-state index contributed by atoms with van der Waals surface area (Å²) in [6.45, 7) is 0.285. The summed E-state index contributed by atoms with van der Waals surface area (Å²) in [6, 6.07) is 12.5. The van der Waals surface area contributed by atoms with Crippen molar-refractivity contribution in [3.63, 3.8) is 0 Å². The zero-order valence-corrected chi connectivity index (χ0v) is 10.4. The molecule has 0 unspecified atom stereocenters. The van der Waals surface area contributed by atoms with Gasteiger partial charge in [-0.2, -0.15) is 5.26 Å². The molecule has 0 saturated carbocycles. The lowest BCUT2D eigenvalue weighted by molar-refractivity contribution is -0.282. The molecular weight excluding hydrogens is 244 g/mol. The highest BCUT2D eigenvalue weighted by Crippen LogP contribution is 2.20. The SMILES string of the molecule is COOCc1ccc(Oc2ccc(C#N)cc2)cn1. The number of aromatic nitrogens is 1. The van der Waals surface area contributed by atoms with Crippen LogP contribution in [-0.2, 0) is 16.4 Å². The Balaban J connectivity index is 2.00. The molecule has 5 heteroatoms. The number of hydrogen-bond acceptors (Lipinski definition) is 5. The molecule has 0 spiro atoms. The molecule has 1 heterocycles. The molecule has 2 rings (SSSR count). The maximum atomic E-state index is 8.70. The number of rotatable bonds is 5. The van der Waals surface area contributed by atoms with E-state index in [4.69, 9.17) is 14.9 Å². The van der Waals surface area contributed by atoms with E-state index >= 15 is 0 Å². The minimum atomic E-state index is 0.285. The number of ether oxygens (including phenoxy) is 1. The van der Waals surface area contributed by atoms with Gasteiger partial charge in [-0.15, -0.1) is 0 Å². The van der Waals surface area contributed by atoms with Crippen molar-refractivity contribution in [1.82, 2.24) is 4.98 Å². The van der Waals surface area contributed by atoms with Crippen molar-refractivity contribution in [3.05, 3.63) is 53.9 Å². The summed E-state index contributed by atoms with van der Waals surface area (Å²) in [4.78, 5) is 13.4. The molecule has 1 aromatic carbocycles. The van der Waals surface area contributed by atoms with Crippen molar-refractivity contribution in [3.8, 4) is 17.6 Å². The van der Waals surface area contributed by atoms with E-state index < -0.39 is 0 Å². The first-order valence-electron chi connectivity index (χ1n) is 5.60. The third-order valence-electron chi connectivity index (χ3n) is 2.34. The maximum absolute atomic E-state index is 8.70. The average Bonchev–Trinajstić information content (AvgIpc) is 2.47. The number of nitriles is 1. The van der Waals surface area contributed by atoms with Gasteiger partial charge in [0.15, 0.2) is 0 Å². The molecule has 1 aromatic heterocycles. The Bertz CT molecular complexity index is 559. The zero-order valence-electron chi connectivity index (χ0n) is 10.4. The van der Waals surface area contributed by atoms with E-state index in [1.54, 1.807) is 42.6 Å². The number of nitrogens with zero attached hydrogens (tertiary/aromatic N) is 2. The second kappa shape index (κ2) is 6.50. The highest BCUT2D eigenvalue weighted by Gasteiger charge is 2.00. The van der Waals surface area contributed by atoms with Gasteiger partial charge < -0.3 is 4.74 Å². The monoisotopic (exact) mass is 256 g/mol. The van der Waals surface area contributed by atoms with Crippen LogP contribution in [-0.4, -0.2) is 12.1 Å². The van der Waals surface area contributed by atoms with E-state index in [1.165, 1.54) is 7.11 Å². The summed E-state index contributed by atoms with van der Waals surface area (Å²) in [5.74, 6) is 1.27. The van der Waals surface area contributed by atoms with Gasteiger partial charge in [0.2, 0.25) is 0 Å². The van der Waals surface area contributed by atoms with E-state index in [9.17, 15) is 0 Å². The third-order valence-corrected chi connectivity index (χ3v) is 2.34. The molecular formula is C14H12N2O3. The van der Waals surface area contributed by atoms with E-state index in [0.717, 1.165) is 5.69 Å². The summed E-state index contributed by atoms with van der Waals surface area (Å²) in [5.41, 5.74) is 1.34. The van der Waals surface area contributed by atoms with Crippen molar-refractivity contribution in [2.24, 2.45) is 0 Å². The zero-order chi connectivity index (χ0) is 13.5. The smallest absolute Gasteiger partial charge is 0.145 e. The van der Waals surface area contributed by atoms with Gasteiger partial charge in [-0.3, -0.25) is 4.98 Å². The highest BCUT2D eigenvalue weighted by atomic mass is 17.2. The molecule has 0 amide bonds. The van der Waals surface area contributed by atoms with Crippen LogP contribution in [0.25, 0.3) is 0 Å². The van der Waals surface area contributed by atoms with Gasteiger partial charge in [0.25, 0.3) is 0 Å². The summed E-state index contributed by atoms with van der Waals surface area (Å²) >= 11 is 0. The quantitative estimate of drug-likeness (QED) is 0.608. The standard InChI is InChI=1S/C14H12N2O3/c1-17-18-10-12-4-7-14(9-16-12)19-13-5-2-11(8-15)3-6-13/h2-7,9H,10H2,1H3. The Hall–Kier alpha value is -2.42. The fourth-order valence-electron chi connectivity index (χ4n) is 1.41. The molecule has 19 heavy (non-hydrogen) atoms. The lowest BCUT2D eigenvalue weighted by Crippen LogP contribution is -1.94. The Labute approximate surface area is 110 Å². The Kier molecular flexibility index (Phi) is 4.45. The fourth-order valence-corrected chi connectivity index (χ4v) is 1.41. The van der Waals surface area contributed by atoms with Crippen LogP contribution >= 0.6 is 0 Å². The molecule has 0 aliphatic carbocycles. The van der Waals surface area contributed by atoms with Crippen LogP contribution in [0.4, 0.5) is 0 Å². The highest BCUT2D eigenvalue weighted by molar-refractivity contribution is 5.36. The Morgan fingerprint density at radius 1 is 1.11 bits per heavy atom. The van der Waals surface area contributed by atoms with Crippen LogP contribution in [0.1, 0.15) is 11.3 Å². The van der Waals surface area contributed by atoms with E-state index in [1.807, 2.05) is 0 Å². The molecule has 0 aliphatic rings. The van der Waals surface area contributed by atoms with Crippen molar-refractivity contribution in [2.75, 3.05) is 7.11 Å². The first kappa shape index (κ1) is 13.0. The minimum absolute atomic E-state index is 0.285. The molecule has 0 radical (unpaired) electrons. The van der Waals surface area contributed by atoms with E-state index in [2.05, 4.69) is 15.9 Å². The molecule has 0 saturated heterocycles. The van der Waals surface area contributed by atoms with Crippen LogP contribution in [0, 0.1) is 11.3 Å². The molecule has 0 bridgehead atoms. The van der Waals surface area contributed by atoms with Crippen LogP contribution in [0.5, 0.6) is 11.5 Å². The molecule has 0 atom stereocenters. The van der Waals surface area contributed by atoms with Crippen LogP contribution in [0.15, 0.2) is 42.6 Å². The Morgan fingerprint density at radius 2 is 1.84 bits per heavy atom. The van der Waals surface area contributed by atoms with Gasteiger partial charge >= 0.3 is 0 Å². The predicted molar refractivity (Wildman–Crippen MR) is 67.3 cm³/mol.